The van der Waals surface area contributed by atoms with E-state index in [1.807, 2.05) is 20.1 Å². The summed E-state index contributed by atoms with van der Waals surface area (Å²) in [6, 6.07) is 10.3. The van der Waals surface area contributed by atoms with E-state index < -0.39 is 19.7 Å². The van der Waals surface area contributed by atoms with E-state index in [0.717, 1.165) is 23.5 Å². The Morgan fingerprint density at radius 2 is 1.78 bits per heavy atom. The molecule has 0 bridgehead atoms. The molecule has 0 aromatic heterocycles. The third-order valence-electron chi connectivity index (χ3n) is 4.69. The first kappa shape index (κ1) is 26.2. The molecule has 2 N–H and O–H groups in total. The van der Waals surface area contributed by atoms with Gasteiger partial charge in [0, 0.05) is 24.2 Å². The average molecular weight is 480 g/mol. The molecule has 0 aliphatic rings. The quantitative estimate of drug-likeness (QED) is 0.268. The lowest BCUT2D eigenvalue weighted by Crippen LogP contribution is -2.45. The molecule has 2 aromatic carbocycles. The highest BCUT2D eigenvalue weighted by atomic mass is 32.2. The number of hydrogen-bond acceptors (Lipinski definition) is 7. The third-order valence-corrected chi connectivity index (χ3v) is 6.12. The van der Waals surface area contributed by atoms with Crippen LogP contribution in [-0.4, -0.2) is 49.6 Å². The second-order valence-electron chi connectivity index (χ2n) is 7.51. The smallest absolute Gasteiger partial charge is 0.325 e. The SMILES string of the molecule is COC[C@H](NC(=O)c1ccc(N=Nc2c(C)cc(SC)cc2C)cc1)[C@H](C)OP(C)(=O)O. The van der Waals surface area contributed by atoms with E-state index in [9.17, 15) is 14.3 Å². The Kier molecular flexibility index (Phi) is 9.61. The Bertz CT molecular complexity index is 984. The molecule has 0 heterocycles. The summed E-state index contributed by atoms with van der Waals surface area (Å²) in [5.41, 5.74) is 3.96. The Balaban J connectivity index is 2.10. The molecule has 2 rings (SSSR count). The molecular formula is C22H30N3O5PS. The molecule has 8 nitrogen and oxygen atoms in total. The second kappa shape index (κ2) is 11.7. The average Bonchev–Trinajstić information content (AvgIpc) is 2.71. The number of ether oxygens (including phenoxy) is 1. The summed E-state index contributed by atoms with van der Waals surface area (Å²) in [5, 5.41) is 11.5. The van der Waals surface area contributed by atoms with Crippen molar-refractivity contribution in [2.75, 3.05) is 26.6 Å². The molecule has 0 aliphatic heterocycles. The third kappa shape index (κ3) is 7.83. The van der Waals surface area contributed by atoms with Gasteiger partial charge in [0.15, 0.2) is 0 Å². The first-order valence-corrected chi connectivity index (χ1v) is 13.2. The van der Waals surface area contributed by atoms with E-state index in [4.69, 9.17) is 9.26 Å². The molecule has 0 spiro atoms. The van der Waals surface area contributed by atoms with Crippen molar-refractivity contribution in [3.8, 4) is 0 Å². The number of carbonyl (C=O) groups excluding carboxylic acids is 1. The highest BCUT2D eigenvalue weighted by molar-refractivity contribution is 7.98. The van der Waals surface area contributed by atoms with Crippen LogP contribution in [0.4, 0.5) is 11.4 Å². The van der Waals surface area contributed by atoms with Gasteiger partial charge in [-0.05, 0) is 74.6 Å². The maximum atomic E-state index is 12.6. The lowest BCUT2D eigenvalue weighted by Gasteiger charge is -2.25. The number of methoxy groups -OCH3 is 1. The number of benzene rings is 2. The van der Waals surface area contributed by atoms with Gasteiger partial charge < -0.3 is 19.5 Å². The van der Waals surface area contributed by atoms with Crippen LogP contribution >= 0.6 is 19.4 Å². The van der Waals surface area contributed by atoms with E-state index in [2.05, 4.69) is 27.7 Å². The van der Waals surface area contributed by atoms with E-state index in [0.29, 0.717) is 11.3 Å². The van der Waals surface area contributed by atoms with E-state index in [-0.39, 0.29) is 12.5 Å². The first-order chi connectivity index (χ1) is 15.0. The maximum Gasteiger partial charge on any atom is 0.325 e. The largest absolute Gasteiger partial charge is 0.382 e. The molecule has 1 amide bonds. The molecule has 10 heteroatoms. The van der Waals surface area contributed by atoms with Gasteiger partial charge in [0.05, 0.1) is 30.1 Å². The minimum atomic E-state index is -3.70. The van der Waals surface area contributed by atoms with Gasteiger partial charge in [-0.1, -0.05) is 0 Å². The Morgan fingerprint density at radius 1 is 1.19 bits per heavy atom. The van der Waals surface area contributed by atoms with Crippen LogP contribution in [0.3, 0.4) is 0 Å². The fraction of sp³-hybridized carbons (Fsp3) is 0.409. The van der Waals surface area contributed by atoms with Crippen molar-refractivity contribution < 1.29 is 23.5 Å². The van der Waals surface area contributed by atoms with E-state index >= 15 is 0 Å². The molecule has 2 aromatic rings. The summed E-state index contributed by atoms with van der Waals surface area (Å²) in [4.78, 5) is 23.3. The fourth-order valence-corrected chi connectivity index (χ4v) is 4.44. The molecule has 32 heavy (non-hydrogen) atoms. The number of nitrogens with one attached hydrogen (secondary N) is 1. The van der Waals surface area contributed by atoms with Crippen LogP contribution in [0.25, 0.3) is 0 Å². The number of thioether (sulfide) groups is 1. The summed E-state index contributed by atoms with van der Waals surface area (Å²) in [5.74, 6) is -0.353. The molecule has 174 valence electrons. The number of rotatable bonds is 10. The van der Waals surface area contributed by atoms with Crippen molar-refractivity contribution in [2.45, 2.75) is 37.8 Å². The van der Waals surface area contributed by atoms with E-state index in [1.165, 1.54) is 12.0 Å². The van der Waals surface area contributed by atoms with Gasteiger partial charge in [-0.2, -0.15) is 10.2 Å². The number of carbonyl (C=O) groups is 1. The van der Waals surface area contributed by atoms with Gasteiger partial charge in [0.1, 0.15) is 0 Å². The monoisotopic (exact) mass is 479 g/mol. The molecule has 1 unspecified atom stereocenters. The predicted octanol–water partition coefficient (Wildman–Crippen LogP) is 5.41. The van der Waals surface area contributed by atoms with Gasteiger partial charge >= 0.3 is 7.60 Å². The van der Waals surface area contributed by atoms with Crippen LogP contribution in [0.5, 0.6) is 0 Å². The summed E-state index contributed by atoms with van der Waals surface area (Å²) < 4.78 is 21.7. The minimum absolute atomic E-state index is 0.132. The molecule has 0 radical (unpaired) electrons. The van der Waals surface area contributed by atoms with Crippen molar-refractivity contribution in [3.05, 3.63) is 53.1 Å². The van der Waals surface area contributed by atoms with Crippen LogP contribution in [-0.2, 0) is 13.8 Å². The van der Waals surface area contributed by atoms with Crippen LogP contribution in [0, 0.1) is 13.8 Å². The van der Waals surface area contributed by atoms with Crippen LogP contribution in [0.2, 0.25) is 0 Å². The summed E-state index contributed by atoms with van der Waals surface area (Å²) in [7, 11) is -2.22. The molecular weight excluding hydrogens is 449 g/mol. The number of hydrogen-bond donors (Lipinski definition) is 2. The zero-order chi connectivity index (χ0) is 23.9. The predicted molar refractivity (Wildman–Crippen MR) is 128 cm³/mol. The fourth-order valence-electron chi connectivity index (χ4n) is 3.09. The molecule has 3 atom stereocenters. The van der Waals surface area contributed by atoms with Crippen LogP contribution < -0.4 is 5.32 Å². The van der Waals surface area contributed by atoms with Crippen molar-refractivity contribution in [2.24, 2.45) is 10.2 Å². The van der Waals surface area contributed by atoms with Crippen LogP contribution in [0.15, 0.2) is 51.5 Å². The maximum absolute atomic E-state index is 12.6. The number of amides is 1. The highest BCUT2D eigenvalue weighted by Crippen LogP contribution is 2.38. The summed E-state index contributed by atoms with van der Waals surface area (Å²) >= 11 is 1.68. The van der Waals surface area contributed by atoms with Crippen molar-refractivity contribution >= 4 is 36.6 Å². The lowest BCUT2D eigenvalue weighted by atomic mass is 10.1. The van der Waals surface area contributed by atoms with Crippen molar-refractivity contribution in [1.82, 2.24) is 5.32 Å². The summed E-state index contributed by atoms with van der Waals surface area (Å²) in [6.07, 6.45) is 1.32. The van der Waals surface area contributed by atoms with Crippen molar-refractivity contribution in [3.63, 3.8) is 0 Å². The minimum Gasteiger partial charge on any atom is -0.382 e. The van der Waals surface area contributed by atoms with Gasteiger partial charge in [-0.15, -0.1) is 11.8 Å². The zero-order valence-electron chi connectivity index (χ0n) is 19.2. The van der Waals surface area contributed by atoms with Gasteiger partial charge in [0.2, 0.25) is 0 Å². The Morgan fingerprint density at radius 3 is 2.28 bits per heavy atom. The molecule has 0 fully saturated rings. The normalized spacial score (nSPS) is 15.3. The van der Waals surface area contributed by atoms with E-state index in [1.54, 1.807) is 43.0 Å². The first-order valence-electron chi connectivity index (χ1n) is 9.99. The zero-order valence-corrected chi connectivity index (χ0v) is 20.9. The second-order valence-corrected chi connectivity index (χ2v) is 10.2. The Hall–Kier alpha value is -2.03. The van der Waals surface area contributed by atoms with Gasteiger partial charge in [-0.25, -0.2) is 0 Å². The molecule has 0 saturated heterocycles. The molecule has 0 aliphatic carbocycles. The summed E-state index contributed by atoms with van der Waals surface area (Å²) in [6.45, 7) is 6.85. The topological polar surface area (TPSA) is 110 Å². The van der Waals surface area contributed by atoms with Gasteiger partial charge in [-0.3, -0.25) is 9.36 Å². The number of aryl methyl sites for hydroxylation is 2. The molecule has 0 saturated carbocycles. The number of azo groups is 1. The highest BCUT2D eigenvalue weighted by Gasteiger charge is 2.26. The van der Waals surface area contributed by atoms with Crippen molar-refractivity contribution in [1.29, 1.82) is 0 Å². The number of nitrogens with zero attached hydrogens (tertiary/aromatic N) is 2. The standard InChI is InChI=1S/C22H30N3O5PS/c1-14-11-19(32-6)12-15(2)21(14)25-24-18-9-7-17(8-10-18)22(26)23-20(13-29-4)16(3)30-31(5,27)28/h7-12,16,20H,13H2,1-6H3,(H,23,26)(H,27,28)/t16-,20-/m0/s1. The van der Waals surface area contributed by atoms with Crippen LogP contribution in [0.1, 0.15) is 28.4 Å². The Labute approximate surface area is 193 Å². The lowest BCUT2D eigenvalue weighted by molar-refractivity contribution is 0.0702. The van der Waals surface area contributed by atoms with Gasteiger partial charge in [0.25, 0.3) is 5.91 Å².